The number of ether oxygens (including phenoxy) is 1. The maximum Gasteiger partial charge on any atom is 0.242 e. The first-order chi connectivity index (χ1) is 8.98. The topological polar surface area (TPSA) is 67.4 Å². The minimum absolute atomic E-state index is 0.0600. The zero-order valence-electron chi connectivity index (χ0n) is 11.8. The Kier molecular flexibility index (Phi) is 4.45. The molecule has 19 heavy (non-hydrogen) atoms. The Morgan fingerprint density at radius 1 is 1.37 bits per heavy atom. The van der Waals surface area contributed by atoms with Crippen molar-refractivity contribution >= 4 is 11.8 Å². The monoisotopic (exact) mass is 268 g/mol. The average Bonchev–Trinajstić information content (AvgIpc) is 2.26. The molecular formula is C14H24N2O3. The smallest absolute Gasteiger partial charge is 0.242 e. The third-order valence-corrected chi connectivity index (χ3v) is 4.08. The van der Waals surface area contributed by atoms with E-state index in [1.807, 2.05) is 0 Å². The van der Waals surface area contributed by atoms with Crippen molar-refractivity contribution in [2.45, 2.75) is 45.6 Å². The maximum absolute atomic E-state index is 12.2. The van der Waals surface area contributed by atoms with Crippen molar-refractivity contribution in [1.82, 2.24) is 10.6 Å². The Morgan fingerprint density at radius 3 is 2.47 bits per heavy atom. The molecule has 0 aromatic carbocycles. The summed E-state index contributed by atoms with van der Waals surface area (Å²) in [6, 6.07) is -0.382. The van der Waals surface area contributed by atoms with Crippen molar-refractivity contribution in [3.63, 3.8) is 0 Å². The number of amides is 2. The lowest BCUT2D eigenvalue weighted by Gasteiger charge is -2.38. The van der Waals surface area contributed by atoms with Crippen LogP contribution in [0.5, 0.6) is 0 Å². The van der Waals surface area contributed by atoms with Crippen molar-refractivity contribution in [2.75, 3.05) is 19.8 Å². The zero-order chi connectivity index (χ0) is 13.9. The van der Waals surface area contributed by atoms with Crippen LogP contribution in [-0.4, -0.2) is 37.6 Å². The van der Waals surface area contributed by atoms with Crippen LogP contribution in [0.1, 0.15) is 39.5 Å². The fourth-order valence-corrected chi connectivity index (χ4v) is 2.51. The summed E-state index contributed by atoms with van der Waals surface area (Å²) in [6.45, 7) is 5.56. The van der Waals surface area contributed by atoms with Gasteiger partial charge in [-0.25, -0.2) is 0 Å². The summed E-state index contributed by atoms with van der Waals surface area (Å²) in [5, 5.41) is 5.72. The van der Waals surface area contributed by atoms with Gasteiger partial charge in [-0.05, 0) is 12.3 Å². The second-order valence-electron chi connectivity index (χ2n) is 6.31. The first-order valence-electron chi connectivity index (χ1n) is 7.11. The molecule has 108 valence electrons. The molecule has 0 unspecified atom stereocenters. The third-order valence-electron chi connectivity index (χ3n) is 4.08. The molecule has 0 radical (unpaired) electrons. The van der Waals surface area contributed by atoms with Crippen LogP contribution in [0.25, 0.3) is 0 Å². The molecule has 0 spiro atoms. The molecule has 1 saturated carbocycles. The largest absolute Gasteiger partial charge is 0.380 e. The summed E-state index contributed by atoms with van der Waals surface area (Å²) >= 11 is 0. The molecule has 5 heteroatoms. The van der Waals surface area contributed by atoms with Crippen molar-refractivity contribution in [2.24, 2.45) is 11.3 Å². The summed E-state index contributed by atoms with van der Waals surface area (Å²) in [7, 11) is 0. The van der Waals surface area contributed by atoms with E-state index in [0.29, 0.717) is 25.7 Å². The fourth-order valence-electron chi connectivity index (χ4n) is 2.51. The van der Waals surface area contributed by atoms with Crippen LogP contribution in [0.15, 0.2) is 0 Å². The van der Waals surface area contributed by atoms with Gasteiger partial charge in [0.2, 0.25) is 11.8 Å². The zero-order valence-corrected chi connectivity index (χ0v) is 11.8. The summed E-state index contributed by atoms with van der Waals surface area (Å²) in [4.78, 5) is 23.4. The van der Waals surface area contributed by atoms with Crippen LogP contribution in [0.4, 0.5) is 0 Å². The first-order valence-corrected chi connectivity index (χ1v) is 7.11. The molecule has 2 N–H and O–H groups in total. The normalized spacial score (nSPS) is 22.8. The van der Waals surface area contributed by atoms with E-state index < -0.39 is 0 Å². The number of nitrogens with one attached hydrogen (secondary N) is 2. The average molecular weight is 268 g/mol. The van der Waals surface area contributed by atoms with Gasteiger partial charge in [-0.3, -0.25) is 9.59 Å². The van der Waals surface area contributed by atoms with Gasteiger partial charge >= 0.3 is 0 Å². The fraction of sp³-hybridized carbons (Fsp3) is 0.857. The Hall–Kier alpha value is -1.10. The molecule has 5 nitrogen and oxygen atoms in total. The Bertz CT molecular complexity index is 349. The van der Waals surface area contributed by atoms with Gasteiger partial charge in [-0.2, -0.15) is 0 Å². The van der Waals surface area contributed by atoms with Gasteiger partial charge < -0.3 is 15.4 Å². The van der Waals surface area contributed by atoms with Crippen molar-refractivity contribution < 1.29 is 14.3 Å². The Balaban J connectivity index is 1.80. The molecule has 2 rings (SSSR count). The molecule has 1 heterocycles. The van der Waals surface area contributed by atoms with Crippen LogP contribution in [-0.2, 0) is 14.3 Å². The van der Waals surface area contributed by atoms with Gasteiger partial charge in [0.1, 0.15) is 6.04 Å². The molecule has 1 saturated heterocycles. The highest BCUT2D eigenvalue weighted by Crippen LogP contribution is 2.30. The van der Waals surface area contributed by atoms with Crippen LogP contribution < -0.4 is 10.6 Å². The summed E-state index contributed by atoms with van der Waals surface area (Å²) in [6.07, 6.45) is 4.36. The number of carbonyl (C=O) groups is 2. The highest BCUT2D eigenvalue weighted by Gasteiger charge is 2.35. The predicted octanol–water partition coefficient (Wildman–Crippen LogP) is 0.834. The van der Waals surface area contributed by atoms with Gasteiger partial charge in [0.25, 0.3) is 0 Å². The van der Waals surface area contributed by atoms with Crippen LogP contribution in [0, 0.1) is 11.3 Å². The van der Waals surface area contributed by atoms with E-state index in [2.05, 4.69) is 17.6 Å². The van der Waals surface area contributed by atoms with Crippen molar-refractivity contribution in [3.8, 4) is 0 Å². The molecule has 0 aromatic rings. The highest BCUT2D eigenvalue weighted by molar-refractivity contribution is 5.86. The van der Waals surface area contributed by atoms with Gasteiger partial charge in [0, 0.05) is 18.9 Å². The van der Waals surface area contributed by atoms with Crippen molar-refractivity contribution in [3.05, 3.63) is 0 Å². The summed E-state index contributed by atoms with van der Waals surface area (Å²) in [5.41, 5.74) is 0.0624. The molecule has 0 bridgehead atoms. The number of rotatable bonds is 6. The molecule has 0 aromatic heterocycles. The van der Waals surface area contributed by atoms with Gasteiger partial charge in [0.15, 0.2) is 0 Å². The lowest BCUT2D eigenvalue weighted by molar-refractivity contribution is -0.132. The molecule has 1 atom stereocenters. The van der Waals surface area contributed by atoms with E-state index in [0.717, 1.165) is 6.42 Å². The predicted molar refractivity (Wildman–Crippen MR) is 71.5 cm³/mol. The van der Waals surface area contributed by atoms with Crippen molar-refractivity contribution in [1.29, 1.82) is 0 Å². The van der Waals surface area contributed by atoms with E-state index >= 15 is 0 Å². The summed E-state index contributed by atoms with van der Waals surface area (Å²) in [5.74, 6) is 0.387. The first kappa shape index (κ1) is 14.3. The molecule has 2 fully saturated rings. The van der Waals surface area contributed by atoms with Crippen LogP contribution >= 0.6 is 0 Å². The van der Waals surface area contributed by atoms with Gasteiger partial charge in [0.05, 0.1) is 13.2 Å². The summed E-state index contributed by atoms with van der Waals surface area (Å²) < 4.78 is 5.17. The minimum atomic E-state index is -0.382. The number of carbonyl (C=O) groups excluding carboxylic acids is 2. The quantitative estimate of drug-likeness (QED) is 0.750. The van der Waals surface area contributed by atoms with E-state index in [1.54, 1.807) is 0 Å². The van der Waals surface area contributed by atoms with E-state index in [9.17, 15) is 9.59 Å². The Labute approximate surface area is 114 Å². The maximum atomic E-state index is 12.2. The van der Waals surface area contributed by atoms with E-state index in [1.165, 1.54) is 26.2 Å². The number of hydrogen-bond donors (Lipinski definition) is 2. The lowest BCUT2D eigenvalue weighted by atomic mass is 9.80. The minimum Gasteiger partial charge on any atom is -0.380 e. The van der Waals surface area contributed by atoms with Gasteiger partial charge in [-0.15, -0.1) is 0 Å². The molecule has 2 aliphatic rings. The van der Waals surface area contributed by atoms with Crippen LogP contribution in [0.2, 0.25) is 0 Å². The van der Waals surface area contributed by atoms with Gasteiger partial charge in [-0.1, -0.05) is 26.2 Å². The second kappa shape index (κ2) is 5.90. The number of hydrogen-bond acceptors (Lipinski definition) is 3. The molecule has 1 aliphatic heterocycles. The van der Waals surface area contributed by atoms with E-state index in [-0.39, 0.29) is 23.3 Å². The highest BCUT2D eigenvalue weighted by atomic mass is 16.5. The Morgan fingerprint density at radius 2 is 2.05 bits per heavy atom. The van der Waals surface area contributed by atoms with E-state index in [4.69, 9.17) is 4.74 Å². The standard InChI is InChI=1S/C14H24N2O3/c1-10(17)16-12(6-11-4-3-5-11)13(18)15-7-14(2)8-19-9-14/h11-12H,3-9H2,1-2H3,(H,15,18)(H,16,17)/t12-/m1/s1. The van der Waals surface area contributed by atoms with Crippen LogP contribution in [0.3, 0.4) is 0 Å². The molecule has 2 amide bonds. The lowest BCUT2D eigenvalue weighted by Crippen LogP contribution is -2.53. The third kappa shape index (κ3) is 3.93. The molecule has 1 aliphatic carbocycles. The second-order valence-corrected chi connectivity index (χ2v) is 6.31. The SMILES string of the molecule is CC(=O)N[C@H](CC1CCC1)C(=O)NCC1(C)COC1. The molecular weight excluding hydrogens is 244 g/mol.